The first-order valence-corrected chi connectivity index (χ1v) is 14.0. The van der Waals surface area contributed by atoms with Crippen molar-refractivity contribution in [3.05, 3.63) is 82.5 Å². The van der Waals surface area contributed by atoms with Crippen molar-refractivity contribution in [2.24, 2.45) is 0 Å². The van der Waals surface area contributed by atoms with E-state index in [1.54, 1.807) is 23.1 Å². The van der Waals surface area contributed by atoms with Crippen LogP contribution in [0, 0.1) is 0 Å². The number of anilines is 3. The van der Waals surface area contributed by atoms with Gasteiger partial charge < -0.3 is 15.4 Å². The van der Waals surface area contributed by atoms with Crippen LogP contribution >= 0.6 is 34.7 Å². The SMILES string of the molecule is Nc1ncc(CN2CCC(OC3C=CC(N4c5ccccc5Sc5ccc(Cl)cc54)=CC3)CC2)s1. The fourth-order valence-electron chi connectivity index (χ4n) is 4.93. The van der Waals surface area contributed by atoms with Crippen molar-refractivity contribution in [3.63, 3.8) is 0 Å². The van der Waals surface area contributed by atoms with Crippen LogP contribution in [-0.2, 0) is 11.3 Å². The molecule has 1 unspecified atom stereocenters. The Morgan fingerprint density at radius 1 is 1.09 bits per heavy atom. The van der Waals surface area contributed by atoms with E-state index in [2.05, 4.69) is 69.4 Å². The standard InChI is InChI=1S/C27H27ClN4OS2/c28-18-5-10-26-24(15-18)32(23-3-1-2-4-25(23)35-26)19-6-8-20(9-7-19)33-21-11-13-31(14-12-21)17-22-16-30-27(29)34-22/h1-8,10,15-16,20-21H,9,11-14,17H2,(H2,29,30). The lowest BCUT2D eigenvalue weighted by atomic mass is 10.0. The van der Waals surface area contributed by atoms with Gasteiger partial charge in [0.05, 0.1) is 23.6 Å². The van der Waals surface area contributed by atoms with Crippen molar-refractivity contribution in [1.29, 1.82) is 0 Å². The lowest BCUT2D eigenvalue weighted by Gasteiger charge is -2.36. The molecule has 5 nitrogen and oxygen atoms in total. The summed E-state index contributed by atoms with van der Waals surface area (Å²) in [6.45, 7) is 3.01. The van der Waals surface area contributed by atoms with Crippen LogP contribution in [0.5, 0.6) is 0 Å². The first-order valence-electron chi connectivity index (χ1n) is 12.0. The first kappa shape index (κ1) is 23.1. The number of hydrogen-bond donors (Lipinski definition) is 1. The van der Waals surface area contributed by atoms with E-state index in [9.17, 15) is 0 Å². The van der Waals surface area contributed by atoms with E-state index in [1.807, 2.05) is 12.3 Å². The molecule has 0 saturated carbocycles. The maximum absolute atomic E-state index is 6.50. The van der Waals surface area contributed by atoms with Crippen LogP contribution in [0.15, 0.2) is 82.4 Å². The Morgan fingerprint density at radius 2 is 1.91 bits per heavy atom. The van der Waals surface area contributed by atoms with Gasteiger partial charge in [-0.25, -0.2) is 4.98 Å². The number of fused-ring (bicyclic) bond motifs is 2. The Bertz CT molecular complexity index is 1280. The fraction of sp³-hybridized carbons (Fsp3) is 0.296. The molecule has 3 aliphatic rings. The zero-order chi connectivity index (χ0) is 23.8. The number of thiazole rings is 1. The molecule has 1 aliphatic carbocycles. The summed E-state index contributed by atoms with van der Waals surface area (Å²) in [5, 5.41) is 1.40. The van der Waals surface area contributed by atoms with Crippen molar-refractivity contribution in [3.8, 4) is 0 Å². The number of rotatable bonds is 5. The predicted octanol–water partition coefficient (Wildman–Crippen LogP) is 6.88. The minimum Gasteiger partial charge on any atom is -0.375 e. The molecule has 3 heterocycles. The highest BCUT2D eigenvalue weighted by molar-refractivity contribution is 7.99. The molecular formula is C27H27ClN4OS2. The number of hydrogen-bond acceptors (Lipinski definition) is 7. The zero-order valence-corrected chi connectivity index (χ0v) is 21.7. The number of piperidine rings is 1. The summed E-state index contributed by atoms with van der Waals surface area (Å²) in [7, 11) is 0. The number of nitrogens with zero attached hydrogens (tertiary/aromatic N) is 3. The number of nitrogen functional groups attached to an aromatic ring is 1. The molecule has 180 valence electrons. The van der Waals surface area contributed by atoms with Crippen molar-refractivity contribution >= 4 is 51.2 Å². The Labute approximate surface area is 219 Å². The van der Waals surface area contributed by atoms with E-state index < -0.39 is 0 Å². The second-order valence-corrected chi connectivity index (χ2v) is 11.7. The number of aromatic nitrogens is 1. The highest BCUT2D eigenvalue weighted by Gasteiger charge is 2.28. The third kappa shape index (κ3) is 5.01. The molecule has 0 bridgehead atoms. The van der Waals surface area contributed by atoms with Crippen molar-refractivity contribution in [2.75, 3.05) is 23.7 Å². The summed E-state index contributed by atoms with van der Waals surface area (Å²) < 4.78 is 6.50. The van der Waals surface area contributed by atoms with Gasteiger partial charge in [0.15, 0.2) is 5.13 Å². The number of benzene rings is 2. The highest BCUT2D eigenvalue weighted by Crippen LogP contribution is 2.50. The number of nitrogens with two attached hydrogens (primary N) is 1. The first-order chi connectivity index (χ1) is 17.1. The summed E-state index contributed by atoms with van der Waals surface area (Å²) >= 11 is 9.77. The van der Waals surface area contributed by atoms with E-state index in [-0.39, 0.29) is 6.10 Å². The molecule has 0 spiro atoms. The van der Waals surface area contributed by atoms with Crippen LogP contribution in [0.25, 0.3) is 0 Å². The molecule has 2 aromatic carbocycles. The topological polar surface area (TPSA) is 54.6 Å². The van der Waals surface area contributed by atoms with Crippen LogP contribution in [0.4, 0.5) is 16.5 Å². The van der Waals surface area contributed by atoms with Crippen molar-refractivity contribution in [1.82, 2.24) is 9.88 Å². The van der Waals surface area contributed by atoms with Gasteiger partial charge in [-0.3, -0.25) is 4.90 Å². The molecule has 6 rings (SSSR count). The second-order valence-electron chi connectivity index (χ2n) is 9.06. The van der Waals surface area contributed by atoms with Gasteiger partial charge in [-0.2, -0.15) is 0 Å². The van der Waals surface area contributed by atoms with Crippen molar-refractivity contribution in [2.45, 2.75) is 47.8 Å². The van der Waals surface area contributed by atoms with Gasteiger partial charge >= 0.3 is 0 Å². The predicted molar refractivity (Wildman–Crippen MR) is 146 cm³/mol. The molecule has 3 aromatic rings. The maximum atomic E-state index is 6.50. The van der Waals surface area contributed by atoms with Gasteiger partial charge in [0.2, 0.25) is 0 Å². The summed E-state index contributed by atoms with van der Waals surface area (Å²) in [5.41, 5.74) is 9.26. The molecule has 2 N–H and O–H groups in total. The van der Waals surface area contributed by atoms with Gasteiger partial charge in [0, 0.05) is 51.2 Å². The summed E-state index contributed by atoms with van der Waals surface area (Å²) in [6, 6.07) is 14.7. The average Bonchev–Trinajstić information content (AvgIpc) is 3.29. The third-order valence-corrected chi connectivity index (χ3v) is 8.82. The van der Waals surface area contributed by atoms with Crippen LogP contribution < -0.4 is 10.6 Å². The number of para-hydroxylation sites is 1. The van der Waals surface area contributed by atoms with Gasteiger partial charge in [-0.15, -0.1) is 11.3 Å². The monoisotopic (exact) mass is 522 g/mol. The maximum Gasteiger partial charge on any atom is 0.180 e. The summed E-state index contributed by atoms with van der Waals surface area (Å²) in [4.78, 5) is 12.7. The van der Waals surface area contributed by atoms with Crippen LogP contribution in [0.1, 0.15) is 24.1 Å². The molecule has 0 amide bonds. The molecule has 0 radical (unpaired) electrons. The number of halogens is 1. The van der Waals surface area contributed by atoms with E-state index in [1.165, 1.54) is 26.1 Å². The lowest BCUT2D eigenvalue weighted by molar-refractivity contribution is -0.0229. The van der Waals surface area contributed by atoms with E-state index in [0.29, 0.717) is 11.2 Å². The Hall–Kier alpha value is -2.29. The third-order valence-electron chi connectivity index (χ3n) is 6.64. The zero-order valence-electron chi connectivity index (χ0n) is 19.3. The minimum atomic E-state index is 0.116. The molecule has 35 heavy (non-hydrogen) atoms. The van der Waals surface area contributed by atoms with Gasteiger partial charge in [0.25, 0.3) is 0 Å². The minimum absolute atomic E-state index is 0.116. The van der Waals surface area contributed by atoms with Crippen molar-refractivity contribution < 1.29 is 4.74 Å². The quantitative estimate of drug-likeness (QED) is 0.394. The average molecular weight is 523 g/mol. The van der Waals surface area contributed by atoms with Gasteiger partial charge in [0.1, 0.15) is 0 Å². The number of likely N-dealkylation sites (tertiary alicyclic amines) is 1. The molecule has 8 heteroatoms. The molecule has 1 fully saturated rings. The van der Waals surface area contributed by atoms with E-state index in [4.69, 9.17) is 22.1 Å². The molecule has 2 aliphatic heterocycles. The molecule has 1 saturated heterocycles. The van der Waals surface area contributed by atoms with E-state index in [0.717, 1.165) is 49.6 Å². The normalized spacial score (nSPS) is 20.4. The van der Waals surface area contributed by atoms with Crippen LogP contribution in [0.2, 0.25) is 5.02 Å². The van der Waals surface area contributed by atoms with Gasteiger partial charge in [-0.05, 0) is 55.7 Å². The molecule has 1 atom stereocenters. The molecular weight excluding hydrogens is 496 g/mol. The smallest absolute Gasteiger partial charge is 0.180 e. The second kappa shape index (κ2) is 9.99. The highest BCUT2D eigenvalue weighted by atomic mass is 35.5. The lowest BCUT2D eigenvalue weighted by Crippen LogP contribution is -2.38. The van der Waals surface area contributed by atoms with Crippen LogP contribution in [-0.4, -0.2) is 35.2 Å². The Morgan fingerprint density at radius 3 is 2.69 bits per heavy atom. The largest absolute Gasteiger partial charge is 0.375 e. The molecule has 1 aromatic heterocycles. The number of ether oxygens (including phenoxy) is 1. The summed E-state index contributed by atoms with van der Waals surface area (Å²) in [5.74, 6) is 0. The van der Waals surface area contributed by atoms with E-state index >= 15 is 0 Å². The Kier molecular flexibility index (Phi) is 6.60. The summed E-state index contributed by atoms with van der Waals surface area (Å²) in [6.07, 6.45) is 12.0. The van der Waals surface area contributed by atoms with Crippen LogP contribution in [0.3, 0.4) is 0 Å². The number of allylic oxidation sites excluding steroid dienone is 1. The fourth-order valence-corrected chi connectivity index (χ4v) is 6.86. The van der Waals surface area contributed by atoms with Gasteiger partial charge in [-0.1, -0.05) is 47.6 Å². The Balaban J connectivity index is 1.10.